The second kappa shape index (κ2) is 10.8. The number of anilines is 3. The lowest BCUT2D eigenvalue weighted by Crippen LogP contribution is -2.55. The Balaban J connectivity index is 1.33. The first-order chi connectivity index (χ1) is 22.3. The highest BCUT2D eigenvalue weighted by molar-refractivity contribution is 6.27. The fourth-order valence-corrected chi connectivity index (χ4v) is 6.49. The third-order valence-corrected chi connectivity index (χ3v) is 8.44. The number of hydrogen-bond acceptors (Lipinski definition) is 10. The lowest BCUT2D eigenvalue weighted by Gasteiger charge is -2.34. The van der Waals surface area contributed by atoms with Gasteiger partial charge in [-0.05, 0) is 50.2 Å². The van der Waals surface area contributed by atoms with Gasteiger partial charge in [-0.2, -0.15) is 0 Å². The van der Waals surface area contributed by atoms with Crippen molar-refractivity contribution in [1.82, 2.24) is 9.97 Å². The zero-order valence-electron chi connectivity index (χ0n) is 24.9. The van der Waals surface area contributed by atoms with Crippen LogP contribution in [-0.2, 0) is 18.9 Å². The SMILES string of the molecule is CC1(C)O[C@@H]2[C@H](O1)[C@H]1CO[C@H]3N(C(=O)c4ccccc4)c4c(N(C(=O)c5ccccc5)C(=O)c5ccccc5)ncnc4N3[C@@H]2O1. The molecule has 3 amide bonds. The molecule has 4 aromatic rings. The Kier molecular flexibility index (Phi) is 6.69. The first kappa shape index (κ1) is 28.5. The van der Waals surface area contributed by atoms with Crippen molar-refractivity contribution in [2.75, 3.05) is 21.3 Å². The zero-order chi connectivity index (χ0) is 31.6. The van der Waals surface area contributed by atoms with Gasteiger partial charge in [-0.1, -0.05) is 54.6 Å². The highest BCUT2D eigenvalue weighted by Crippen LogP contribution is 2.51. The van der Waals surface area contributed by atoms with Crippen LogP contribution >= 0.6 is 0 Å². The van der Waals surface area contributed by atoms with Crippen molar-refractivity contribution >= 4 is 35.0 Å². The van der Waals surface area contributed by atoms with Gasteiger partial charge in [0.25, 0.3) is 17.7 Å². The number of aromatic nitrogens is 2. The molecule has 0 unspecified atom stereocenters. The topological polar surface area (TPSA) is 124 Å². The standard InChI is InChI=1S/C34H29N5O7/c1-34(2)45-25-23-18-43-33-37(29(40)20-12-6-3-7-13-20)24-27(35-19-36-28(24)39(33)32(44-23)26(25)46-34)38(30(41)21-14-8-4-9-15-21)31(42)22-16-10-5-11-17-22/h3-17,19,23,25-26,32-33H,18H2,1-2H3/t23-,25-,26-,32-,33+/m1/s1. The third kappa shape index (κ3) is 4.49. The molecule has 0 aliphatic carbocycles. The van der Waals surface area contributed by atoms with Crippen molar-refractivity contribution in [2.45, 2.75) is 50.5 Å². The molecule has 5 atom stereocenters. The zero-order valence-corrected chi connectivity index (χ0v) is 24.9. The van der Waals surface area contributed by atoms with Crippen LogP contribution in [0.1, 0.15) is 44.9 Å². The van der Waals surface area contributed by atoms with Crippen LogP contribution in [-0.4, -0.2) is 71.0 Å². The van der Waals surface area contributed by atoms with E-state index in [1.807, 2.05) is 19.9 Å². The van der Waals surface area contributed by atoms with E-state index in [-0.39, 0.29) is 35.1 Å². The van der Waals surface area contributed by atoms with Gasteiger partial charge in [0.2, 0.25) is 6.35 Å². The van der Waals surface area contributed by atoms with Crippen molar-refractivity contribution in [2.24, 2.45) is 0 Å². The molecule has 3 fully saturated rings. The molecule has 8 rings (SSSR count). The maximum absolute atomic E-state index is 14.4. The van der Waals surface area contributed by atoms with Gasteiger partial charge in [0.05, 0.1) is 6.61 Å². The summed E-state index contributed by atoms with van der Waals surface area (Å²) in [4.78, 5) is 56.2. The fraction of sp³-hybridized carbons (Fsp3) is 0.265. The molecule has 12 nitrogen and oxygen atoms in total. The number of nitrogens with zero attached hydrogens (tertiary/aromatic N) is 5. The van der Waals surface area contributed by atoms with Crippen LogP contribution in [0.5, 0.6) is 0 Å². The van der Waals surface area contributed by atoms with Crippen LogP contribution in [0.2, 0.25) is 0 Å². The van der Waals surface area contributed by atoms with Gasteiger partial charge in [0, 0.05) is 16.7 Å². The van der Waals surface area contributed by atoms with Crippen molar-refractivity contribution in [3.8, 4) is 0 Å². The number of hydrogen-bond donors (Lipinski definition) is 0. The molecule has 3 aromatic carbocycles. The summed E-state index contributed by atoms with van der Waals surface area (Å²) in [6.07, 6.45) is -1.96. The predicted octanol–water partition coefficient (Wildman–Crippen LogP) is 3.99. The molecule has 0 spiro atoms. The van der Waals surface area contributed by atoms with E-state index >= 15 is 0 Å². The summed E-state index contributed by atoms with van der Waals surface area (Å²) >= 11 is 0. The number of amides is 3. The quantitative estimate of drug-likeness (QED) is 0.310. The van der Waals surface area contributed by atoms with Gasteiger partial charge in [-0.15, -0.1) is 0 Å². The van der Waals surface area contributed by atoms with Crippen LogP contribution in [0, 0.1) is 0 Å². The molecule has 0 radical (unpaired) electrons. The average Bonchev–Trinajstić information content (AvgIpc) is 3.64. The second-order valence-corrected chi connectivity index (χ2v) is 11.8. The maximum atomic E-state index is 14.4. The summed E-state index contributed by atoms with van der Waals surface area (Å²) < 4.78 is 25.3. The van der Waals surface area contributed by atoms with Gasteiger partial charge >= 0.3 is 0 Å². The lowest BCUT2D eigenvalue weighted by molar-refractivity contribution is -0.186. The van der Waals surface area contributed by atoms with E-state index in [0.717, 1.165) is 4.90 Å². The predicted molar refractivity (Wildman–Crippen MR) is 164 cm³/mol. The minimum Gasteiger partial charge on any atom is -0.347 e. The largest absolute Gasteiger partial charge is 0.347 e. The Morgan fingerprint density at radius 1 is 0.783 bits per heavy atom. The summed E-state index contributed by atoms with van der Waals surface area (Å²) in [7, 11) is 0. The highest BCUT2D eigenvalue weighted by Gasteiger charge is 2.63. The Morgan fingerprint density at radius 3 is 1.96 bits per heavy atom. The first-order valence-electron chi connectivity index (χ1n) is 15.0. The smallest absolute Gasteiger partial charge is 0.266 e. The van der Waals surface area contributed by atoms with E-state index in [1.165, 1.54) is 11.2 Å². The van der Waals surface area contributed by atoms with Crippen molar-refractivity contribution in [3.63, 3.8) is 0 Å². The number of carbonyl (C=O) groups is 3. The summed E-state index contributed by atoms with van der Waals surface area (Å²) in [6, 6.07) is 25.5. The van der Waals surface area contributed by atoms with E-state index in [4.69, 9.17) is 18.9 Å². The summed E-state index contributed by atoms with van der Waals surface area (Å²) in [5, 5.41) is 0. The molecule has 232 valence electrons. The number of fused-ring (bicyclic) bond motifs is 9. The monoisotopic (exact) mass is 619 g/mol. The Bertz CT molecular complexity index is 1770. The van der Waals surface area contributed by atoms with Crippen molar-refractivity contribution < 1.29 is 33.3 Å². The van der Waals surface area contributed by atoms with Crippen LogP contribution in [0.4, 0.5) is 17.3 Å². The highest BCUT2D eigenvalue weighted by atomic mass is 16.8. The molecule has 3 saturated heterocycles. The van der Waals surface area contributed by atoms with E-state index in [0.29, 0.717) is 5.56 Å². The molecule has 1 aromatic heterocycles. The van der Waals surface area contributed by atoms with Gasteiger partial charge < -0.3 is 18.9 Å². The van der Waals surface area contributed by atoms with E-state index < -0.39 is 54.4 Å². The van der Waals surface area contributed by atoms with Gasteiger partial charge in [0.15, 0.2) is 23.7 Å². The van der Waals surface area contributed by atoms with Crippen molar-refractivity contribution in [1.29, 1.82) is 0 Å². The van der Waals surface area contributed by atoms with Gasteiger partial charge in [-0.3, -0.25) is 24.2 Å². The van der Waals surface area contributed by atoms with Gasteiger partial charge in [0.1, 0.15) is 30.3 Å². The van der Waals surface area contributed by atoms with Crippen LogP contribution in [0.3, 0.4) is 0 Å². The molecule has 0 N–H and O–H groups in total. The molecule has 12 heteroatoms. The van der Waals surface area contributed by atoms with E-state index in [2.05, 4.69) is 9.97 Å². The number of rotatable bonds is 4. The minimum absolute atomic E-state index is 0.0799. The molecule has 0 saturated carbocycles. The average molecular weight is 620 g/mol. The van der Waals surface area contributed by atoms with Gasteiger partial charge in [-0.25, -0.2) is 14.9 Å². The fourth-order valence-electron chi connectivity index (χ4n) is 6.49. The summed E-state index contributed by atoms with van der Waals surface area (Å²) in [5.74, 6) is -2.40. The number of carbonyl (C=O) groups excluding carboxylic acids is 3. The normalized spacial score (nSPS) is 25.3. The third-order valence-electron chi connectivity index (χ3n) is 8.44. The first-order valence-corrected chi connectivity index (χ1v) is 15.0. The molecule has 46 heavy (non-hydrogen) atoms. The Morgan fingerprint density at radius 2 is 1.35 bits per heavy atom. The van der Waals surface area contributed by atoms with Crippen molar-refractivity contribution in [3.05, 3.63) is 114 Å². The molecular weight excluding hydrogens is 590 g/mol. The molecule has 5 heterocycles. The molecule has 2 bridgehead atoms. The summed E-state index contributed by atoms with van der Waals surface area (Å²) in [6.45, 7) is 3.76. The lowest BCUT2D eigenvalue weighted by atomic mass is 10.1. The van der Waals surface area contributed by atoms with Crippen LogP contribution in [0.25, 0.3) is 0 Å². The number of imide groups is 1. The molecule has 4 aliphatic rings. The minimum atomic E-state index is -1.05. The Hall–Kier alpha value is -5.01. The summed E-state index contributed by atoms with van der Waals surface area (Å²) in [5.41, 5.74) is 0.997. The Labute approximate surface area is 264 Å². The maximum Gasteiger partial charge on any atom is 0.266 e. The molecular formula is C34H29N5O7. The van der Waals surface area contributed by atoms with E-state index in [1.54, 1.807) is 89.8 Å². The van der Waals surface area contributed by atoms with E-state index in [9.17, 15) is 14.4 Å². The van der Waals surface area contributed by atoms with Crippen LogP contribution < -0.4 is 14.7 Å². The number of ether oxygens (including phenoxy) is 4. The number of benzene rings is 3. The second-order valence-electron chi connectivity index (χ2n) is 11.8. The van der Waals surface area contributed by atoms with Crippen LogP contribution in [0.15, 0.2) is 97.3 Å². The molecule has 4 aliphatic heterocycles.